The van der Waals surface area contributed by atoms with Crippen molar-refractivity contribution in [1.82, 2.24) is 10.6 Å². The first-order chi connectivity index (χ1) is 13.9. The number of benzene rings is 2. The highest BCUT2D eigenvalue weighted by atomic mass is 19.1. The summed E-state index contributed by atoms with van der Waals surface area (Å²) in [5.41, 5.74) is 1.33. The monoisotopic (exact) mass is 400 g/mol. The van der Waals surface area contributed by atoms with Crippen molar-refractivity contribution in [1.29, 1.82) is 0 Å². The molecule has 0 radical (unpaired) electrons. The number of halogens is 1. The summed E-state index contributed by atoms with van der Waals surface area (Å²) in [6.45, 7) is 5.21. The molecule has 0 aromatic heterocycles. The summed E-state index contributed by atoms with van der Waals surface area (Å²) < 4.78 is 24.1. The van der Waals surface area contributed by atoms with Crippen molar-refractivity contribution in [2.45, 2.75) is 26.3 Å². The van der Waals surface area contributed by atoms with E-state index in [9.17, 15) is 14.0 Å². The number of hydrogen-bond acceptors (Lipinski definition) is 4. The van der Waals surface area contributed by atoms with Gasteiger partial charge in [-0.25, -0.2) is 4.39 Å². The molecule has 0 saturated heterocycles. The number of amides is 2. The molecule has 29 heavy (non-hydrogen) atoms. The molecule has 1 aliphatic rings. The van der Waals surface area contributed by atoms with E-state index in [1.807, 2.05) is 32.0 Å². The van der Waals surface area contributed by atoms with Crippen LogP contribution in [0.4, 0.5) is 4.39 Å². The topological polar surface area (TPSA) is 76.7 Å². The van der Waals surface area contributed by atoms with Crippen LogP contribution >= 0.6 is 0 Å². The molecule has 0 fully saturated rings. The molecule has 2 amide bonds. The average molecular weight is 400 g/mol. The number of rotatable bonds is 7. The molecule has 0 aliphatic carbocycles. The van der Waals surface area contributed by atoms with Crippen LogP contribution in [0.15, 0.2) is 42.5 Å². The average Bonchev–Trinajstić information content (AvgIpc) is 2.72. The van der Waals surface area contributed by atoms with Crippen molar-refractivity contribution in [2.75, 3.05) is 19.8 Å². The Morgan fingerprint density at radius 1 is 1.03 bits per heavy atom. The van der Waals surface area contributed by atoms with Crippen molar-refractivity contribution in [3.63, 3.8) is 0 Å². The SMILES string of the molecule is CC(C)[C@H](NC(=O)c1ccc(F)cc1)C(=O)NCCc1ccc2c(c1)OCCO2. The fourth-order valence-electron chi connectivity index (χ4n) is 3.04. The molecule has 154 valence electrons. The van der Waals surface area contributed by atoms with Gasteiger partial charge in [0.1, 0.15) is 25.1 Å². The minimum atomic E-state index is -0.687. The lowest BCUT2D eigenvalue weighted by atomic mass is 10.0. The van der Waals surface area contributed by atoms with E-state index < -0.39 is 17.8 Å². The van der Waals surface area contributed by atoms with E-state index in [4.69, 9.17) is 9.47 Å². The summed E-state index contributed by atoms with van der Waals surface area (Å²) in [6, 6.07) is 10.2. The highest BCUT2D eigenvalue weighted by Crippen LogP contribution is 2.30. The molecule has 3 rings (SSSR count). The molecule has 6 nitrogen and oxygen atoms in total. The van der Waals surface area contributed by atoms with Crippen molar-refractivity contribution >= 4 is 11.8 Å². The predicted octanol–water partition coefficient (Wildman–Crippen LogP) is 2.71. The Hall–Kier alpha value is -3.09. The van der Waals surface area contributed by atoms with Gasteiger partial charge >= 0.3 is 0 Å². The van der Waals surface area contributed by atoms with Gasteiger partial charge in [0.05, 0.1) is 0 Å². The van der Waals surface area contributed by atoms with Crippen molar-refractivity contribution in [3.05, 3.63) is 59.4 Å². The molecular formula is C22H25FN2O4. The predicted molar refractivity (Wildman–Crippen MR) is 107 cm³/mol. The van der Waals surface area contributed by atoms with Gasteiger partial charge in [-0.15, -0.1) is 0 Å². The van der Waals surface area contributed by atoms with E-state index in [-0.39, 0.29) is 11.8 Å². The Labute approximate surface area is 169 Å². The van der Waals surface area contributed by atoms with Gasteiger partial charge in [0, 0.05) is 12.1 Å². The third kappa shape index (κ3) is 5.47. The smallest absolute Gasteiger partial charge is 0.251 e. The molecule has 1 heterocycles. The van der Waals surface area contributed by atoms with E-state index in [0.717, 1.165) is 11.3 Å². The second-order valence-corrected chi connectivity index (χ2v) is 7.22. The number of carbonyl (C=O) groups is 2. The van der Waals surface area contributed by atoms with Gasteiger partial charge < -0.3 is 20.1 Å². The lowest BCUT2D eigenvalue weighted by molar-refractivity contribution is -0.123. The summed E-state index contributed by atoms with van der Waals surface area (Å²) in [7, 11) is 0. The highest BCUT2D eigenvalue weighted by molar-refractivity contribution is 5.97. The fourth-order valence-corrected chi connectivity index (χ4v) is 3.04. The molecular weight excluding hydrogens is 375 g/mol. The van der Waals surface area contributed by atoms with E-state index in [1.54, 1.807) is 0 Å². The van der Waals surface area contributed by atoms with Crippen LogP contribution in [0.1, 0.15) is 29.8 Å². The van der Waals surface area contributed by atoms with Crippen LogP contribution in [0, 0.1) is 11.7 Å². The Morgan fingerprint density at radius 3 is 2.41 bits per heavy atom. The Morgan fingerprint density at radius 2 is 1.72 bits per heavy atom. The summed E-state index contributed by atoms with van der Waals surface area (Å²) in [5.74, 6) is 0.255. The van der Waals surface area contributed by atoms with Gasteiger partial charge in [0.15, 0.2) is 11.5 Å². The molecule has 2 aromatic rings. The van der Waals surface area contributed by atoms with Crippen LogP contribution in [-0.4, -0.2) is 37.6 Å². The Balaban J connectivity index is 1.54. The zero-order valence-electron chi connectivity index (χ0n) is 16.5. The first-order valence-corrected chi connectivity index (χ1v) is 9.66. The summed E-state index contributed by atoms with van der Waals surface area (Å²) in [5, 5.41) is 5.60. The fraction of sp³-hybridized carbons (Fsp3) is 0.364. The van der Waals surface area contributed by atoms with E-state index in [0.29, 0.717) is 37.5 Å². The highest BCUT2D eigenvalue weighted by Gasteiger charge is 2.24. The lowest BCUT2D eigenvalue weighted by Gasteiger charge is -2.22. The van der Waals surface area contributed by atoms with Crippen molar-refractivity contribution in [3.8, 4) is 11.5 Å². The maximum absolute atomic E-state index is 13.0. The molecule has 2 N–H and O–H groups in total. The molecule has 2 aromatic carbocycles. The van der Waals surface area contributed by atoms with Crippen LogP contribution in [0.25, 0.3) is 0 Å². The minimum absolute atomic E-state index is 0.103. The number of hydrogen-bond donors (Lipinski definition) is 2. The lowest BCUT2D eigenvalue weighted by Crippen LogP contribution is -2.50. The first-order valence-electron chi connectivity index (χ1n) is 9.66. The number of ether oxygens (including phenoxy) is 2. The third-order valence-electron chi connectivity index (χ3n) is 4.66. The zero-order valence-corrected chi connectivity index (χ0v) is 16.5. The Bertz CT molecular complexity index is 868. The summed E-state index contributed by atoms with van der Waals surface area (Å²) >= 11 is 0. The second-order valence-electron chi connectivity index (χ2n) is 7.22. The standard InChI is InChI=1S/C22H25FN2O4/c1-14(2)20(25-21(26)16-4-6-17(23)7-5-16)22(27)24-10-9-15-3-8-18-19(13-15)29-12-11-28-18/h3-8,13-14,20H,9-12H2,1-2H3,(H,24,27)(H,25,26)/t20-/m0/s1. The number of nitrogens with one attached hydrogen (secondary N) is 2. The quantitative estimate of drug-likeness (QED) is 0.749. The van der Waals surface area contributed by atoms with Crippen molar-refractivity contribution < 1.29 is 23.5 Å². The van der Waals surface area contributed by atoms with Gasteiger partial charge in [0.2, 0.25) is 5.91 Å². The number of fused-ring (bicyclic) bond motifs is 1. The maximum atomic E-state index is 13.0. The molecule has 0 saturated carbocycles. The van der Waals surface area contributed by atoms with Gasteiger partial charge in [-0.05, 0) is 54.3 Å². The maximum Gasteiger partial charge on any atom is 0.251 e. The third-order valence-corrected chi connectivity index (χ3v) is 4.66. The Kier molecular flexibility index (Phi) is 6.69. The van der Waals surface area contributed by atoms with Crippen molar-refractivity contribution in [2.24, 2.45) is 5.92 Å². The van der Waals surface area contributed by atoms with Crippen LogP contribution < -0.4 is 20.1 Å². The molecule has 0 bridgehead atoms. The van der Waals surface area contributed by atoms with Gasteiger partial charge in [0.25, 0.3) is 5.91 Å². The second kappa shape index (κ2) is 9.41. The molecule has 7 heteroatoms. The van der Waals surface area contributed by atoms with Gasteiger partial charge in [-0.2, -0.15) is 0 Å². The molecule has 1 atom stereocenters. The van der Waals surface area contributed by atoms with Crippen LogP contribution in [0.2, 0.25) is 0 Å². The summed E-state index contributed by atoms with van der Waals surface area (Å²) in [4.78, 5) is 25.0. The van der Waals surface area contributed by atoms with E-state index in [2.05, 4.69) is 10.6 Å². The summed E-state index contributed by atoms with van der Waals surface area (Å²) in [6.07, 6.45) is 0.624. The van der Waals surface area contributed by atoms with Gasteiger partial charge in [-0.3, -0.25) is 9.59 Å². The van der Waals surface area contributed by atoms with E-state index >= 15 is 0 Å². The normalized spacial score (nSPS) is 13.7. The minimum Gasteiger partial charge on any atom is -0.486 e. The van der Waals surface area contributed by atoms with Crippen LogP contribution in [-0.2, 0) is 11.2 Å². The number of carbonyl (C=O) groups excluding carboxylic acids is 2. The zero-order chi connectivity index (χ0) is 20.8. The first kappa shape index (κ1) is 20.6. The van der Waals surface area contributed by atoms with Crippen LogP contribution in [0.5, 0.6) is 11.5 Å². The van der Waals surface area contributed by atoms with E-state index in [1.165, 1.54) is 24.3 Å². The van der Waals surface area contributed by atoms with Gasteiger partial charge in [-0.1, -0.05) is 19.9 Å². The molecule has 0 unspecified atom stereocenters. The molecule has 0 spiro atoms. The van der Waals surface area contributed by atoms with Crippen LogP contribution in [0.3, 0.4) is 0 Å². The molecule has 1 aliphatic heterocycles. The largest absolute Gasteiger partial charge is 0.486 e.